The van der Waals surface area contributed by atoms with Crippen LogP contribution in [0.15, 0.2) is 27.1 Å². The van der Waals surface area contributed by atoms with Gasteiger partial charge in [0.25, 0.3) is 0 Å². The number of aliphatic hydroxyl groups is 1. The molecular weight excluding hydrogens is 369 g/mol. The molecule has 0 aliphatic heterocycles. The van der Waals surface area contributed by atoms with Crippen LogP contribution in [0, 0.1) is 0 Å². The van der Waals surface area contributed by atoms with Gasteiger partial charge in [-0.1, -0.05) is 31.9 Å². The van der Waals surface area contributed by atoms with Crippen LogP contribution in [-0.2, 0) is 0 Å². The van der Waals surface area contributed by atoms with Gasteiger partial charge in [-0.3, -0.25) is 0 Å². The first kappa shape index (κ1) is 17.4. The predicted octanol–water partition coefficient (Wildman–Crippen LogP) is 4.05. The lowest BCUT2D eigenvalue weighted by Gasteiger charge is -2.23. The third-order valence-corrected chi connectivity index (χ3v) is 3.01. The molecule has 17 heavy (non-hydrogen) atoms. The molecular formula is C12H18Br2ClNO. The second kappa shape index (κ2) is 7.10. The van der Waals surface area contributed by atoms with Crippen molar-refractivity contribution in [2.24, 2.45) is 0 Å². The second-order valence-corrected chi connectivity index (χ2v) is 6.68. The summed E-state index contributed by atoms with van der Waals surface area (Å²) in [5.74, 6) is 0. The summed E-state index contributed by atoms with van der Waals surface area (Å²) >= 11 is 6.82. The molecule has 0 radical (unpaired) electrons. The SMILES string of the molecule is CC(C)(C)NCC(O)c1cc(Br)cc(Br)c1.Cl. The molecule has 1 rings (SSSR count). The first-order valence-electron chi connectivity index (χ1n) is 5.17. The van der Waals surface area contributed by atoms with Gasteiger partial charge in [-0.2, -0.15) is 0 Å². The van der Waals surface area contributed by atoms with Crippen LogP contribution in [0.5, 0.6) is 0 Å². The molecule has 2 nitrogen and oxygen atoms in total. The average Bonchev–Trinajstić information content (AvgIpc) is 2.11. The Labute approximate surface area is 126 Å². The van der Waals surface area contributed by atoms with E-state index in [0.29, 0.717) is 6.54 Å². The van der Waals surface area contributed by atoms with Crippen LogP contribution >= 0.6 is 44.3 Å². The monoisotopic (exact) mass is 385 g/mol. The molecule has 0 aliphatic rings. The van der Waals surface area contributed by atoms with Crippen molar-refractivity contribution in [3.63, 3.8) is 0 Å². The highest BCUT2D eigenvalue weighted by Gasteiger charge is 2.14. The lowest BCUT2D eigenvalue weighted by molar-refractivity contribution is 0.163. The molecule has 0 saturated carbocycles. The quantitative estimate of drug-likeness (QED) is 0.820. The Morgan fingerprint density at radius 2 is 1.65 bits per heavy atom. The standard InChI is InChI=1S/C12H17Br2NO.ClH/c1-12(2,3)15-7-11(16)8-4-9(13)6-10(14)5-8;/h4-6,11,15-16H,7H2,1-3H3;1H. The van der Waals surface area contributed by atoms with Gasteiger partial charge in [0.1, 0.15) is 0 Å². The summed E-state index contributed by atoms with van der Waals surface area (Å²) in [5, 5.41) is 13.3. The van der Waals surface area contributed by atoms with Gasteiger partial charge in [-0.05, 0) is 44.5 Å². The van der Waals surface area contributed by atoms with Crippen molar-refractivity contribution in [1.82, 2.24) is 5.32 Å². The van der Waals surface area contributed by atoms with Crippen molar-refractivity contribution in [2.45, 2.75) is 32.4 Å². The van der Waals surface area contributed by atoms with Crippen molar-refractivity contribution < 1.29 is 5.11 Å². The Morgan fingerprint density at radius 3 is 2.06 bits per heavy atom. The van der Waals surface area contributed by atoms with Gasteiger partial charge in [-0.15, -0.1) is 12.4 Å². The molecule has 0 saturated heterocycles. The summed E-state index contributed by atoms with van der Waals surface area (Å²) in [6.07, 6.45) is -0.493. The van der Waals surface area contributed by atoms with Gasteiger partial charge in [0, 0.05) is 21.0 Å². The molecule has 1 aromatic rings. The number of rotatable bonds is 3. The molecule has 98 valence electrons. The van der Waals surface area contributed by atoms with Crippen LogP contribution in [0.2, 0.25) is 0 Å². The molecule has 0 spiro atoms. The van der Waals surface area contributed by atoms with Gasteiger partial charge in [0.15, 0.2) is 0 Å². The van der Waals surface area contributed by atoms with E-state index in [4.69, 9.17) is 0 Å². The summed E-state index contributed by atoms with van der Waals surface area (Å²) in [7, 11) is 0. The zero-order chi connectivity index (χ0) is 12.3. The fourth-order valence-corrected chi connectivity index (χ4v) is 2.62. The Bertz CT molecular complexity index is 346. The van der Waals surface area contributed by atoms with Crippen LogP contribution in [-0.4, -0.2) is 17.2 Å². The van der Waals surface area contributed by atoms with Gasteiger partial charge < -0.3 is 10.4 Å². The predicted molar refractivity (Wildman–Crippen MR) is 81.8 cm³/mol. The molecule has 0 heterocycles. The summed E-state index contributed by atoms with van der Waals surface area (Å²) in [5.41, 5.74) is 0.919. The molecule has 1 aromatic carbocycles. The minimum atomic E-state index is -0.493. The number of β-amino-alcohol motifs (C(OH)–C–C–N with tert-alkyl or cyclic N) is 1. The minimum absolute atomic E-state index is 0. The fraction of sp³-hybridized carbons (Fsp3) is 0.500. The van der Waals surface area contributed by atoms with Crippen LogP contribution in [0.25, 0.3) is 0 Å². The molecule has 2 N–H and O–H groups in total. The second-order valence-electron chi connectivity index (χ2n) is 4.85. The molecule has 0 aromatic heterocycles. The first-order valence-corrected chi connectivity index (χ1v) is 6.75. The van der Waals surface area contributed by atoms with E-state index in [1.807, 2.05) is 18.2 Å². The van der Waals surface area contributed by atoms with Crippen molar-refractivity contribution in [3.8, 4) is 0 Å². The number of aliphatic hydroxyl groups excluding tert-OH is 1. The summed E-state index contributed by atoms with van der Waals surface area (Å²) in [6, 6.07) is 5.81. The number of benzene rings is 1. The van der Waals surface area contributed by atoms with E-state index in [1.54, 1.807) is 0 Å². The van der Waals surface area contributed by atoms with E-state index in [2.05, 4.69) is 57.9 Å². The van der Waals surface area contributed by atoms with Crippen LogP contribution in [0.3, 0.4) is 0 Å². The molecule has 1 atom stereocenters. The molecule has 5 heteroatoms. The smallest absolute Gasteiger partial charge is 0.0915 e. The van der Waals surface area contributed by atoms with Gasteiger partial charge in [0.05, 0.1) is 6.10 Å². The lowest BCUT2D eigenvalue weighted by atomic mass is 10.1. The van der Waals surface area contributed by atoms with Crippen molar-refractivity contribution in [3.05, 3.63) is 32.7 Å². The number of halogens is 3. The normalized spacial score (nSPS) is 13.1. The van der Waals surface area contributed by atoms with E-state index < -0.39 is 6.10 Å². The van der Waals surface area contributed by atoms with Gasteiger partial charge in [0.2, 0.25) is 0 Å². The zero-order valence-electron chi connectivity index (χ0n) is 10.1. The van der Waals surface area contributed by atoms with Crippen LogP contribution in [0.1, 0.15) is 32.4 Å². The molecule has 0 bridgehead atoms. The van der Waals surface area contributed by atoms with E-state index in [1.165, 1.54) is 0 Å². The maximum atomic E-state index is 10.0. The highest BCUT2D eigenvalue weighted by Crippen LogP contribution is 2.24. The zero-order valence-corrected chi connectivity index (χ0v) is 14.1. The topological polar surface area (TPSA) is 32.3 Å². The fourth-order valence-electron chi connectivity index (χ4n) is 1.29. The van der Waals surface area contributed by atoms with E-state index in [0.717, 1.165) is 14.5 Å². The Morgan fingerprint density at radius 1 is 1.18 bits per heavy atom. The van der Waals surface area contributed by atoms with E-state index >= 15 is 0 Å². The first-order chi connectivity index (χ1) is 7.28. The Kier molecular flexibility index (Phi) is 7.26. The van der Waals surface area contributed by atoms with Gasteiger partial charge >= 0.3 is 0 Å². The minimum Gasteiger partial charge on any atom is -0.387 e. The summed E-state index contributed by atoms with van der Waals surface area (Å²) < 4.78 is 1.93. The van der Waals surface area contributed by atoms with Crippen molar-refractivity contribution in [1.29, 1.82) is 0 Å². The number of hydrogen-bond donors (Lipinski definition) is 2. The molecule has 0 fully saturated rings. The van der Waals surface area contributed by atoms with Crippen molar-refractivity contribution in [2.75, 3.05) is 6.54 Å². The summed E-state index contributed by atoms with van der Waals surface area (Å²) in [4.78, 5) is 0. The molecule has 0 amide bonds. The Hall–Kier alpha value is 0.390. The lowest BCUT2D eigenvalue weighted by Crippen LogP contribution is -2.38. The highest BCUT2D eigenvalue weighted by atomic mass is 79.9. The maximum Gasteiger partial charge on any atom is 0.0915 e. The third-order valence-electron chi connectivity index (χ3n) is 2.10. The maximum absolute atomic E-state index is 10.0. The molecule has 1 unspecified atom stereocenters. The Balaban J connectivity index is 0.00000256. The average molecular weight is 388 g/mol. The van der Waals surface area contributed by atoms with Crippen LogP contribution in [0.4, 0.5) is 0 Å². The summed E-state index contributed by atoms with van der Waals surface area (Å²) in [6.45, 7) is 6.79. The molecule has 0 aliphatic carbocycles. The van der Waals surface area contributed by atoms with Crippen molar-refractivity contribution >= 4 is 44.3 Å². The largest absolute Gasteiger partial charge is 0.387 e. The van der Waals surface area contributed by atoms with E-state index in [-0.39, 0.29) is 17.9 Å². The highest BCUT2D eigenvalue weighted by molar-refractivity contribution is 9.11. The van der Waals surface area contributed by atoms with Gasteiger partial charge in [-0.25, -0.2) is 0 Å². The third kappa shape index (κ3) is 6.77. The number of hydrogen-bond acceptors (Lipinski definition) is 2. The number of nitrogens with one attached hydrogen (secondary N) is 1. The van der Waals surface area contributed by atoms with E-state index in [9.17, 15) is 5.11 Å². The van der Waals surface area contributed by atoms with Crippen LogP contribution < -0.4 is 5.32 Å².